The number of nitrogens with one attached hydrogen (secondary N) is 1. The average Bonchev–Trinajstić information content (AvgIpc) is 2.81. The zero-order valence-electron chi connectivity index (χ0n) is 10.2. The lowest BCUT2D eigenvalue weighted by Crippen LogP contribution is -2.31. The lowest BCUT2D eigenvalue weighted by molar-refractivity contribution is 0.230. The van der Waals surface area contributed by atoms with Crippen molar-refractivity contribution in [1.29, 1.82) is 0 Å². The third-order valence-electron chi connectivity index (χ3n) is 3.77. The Morgan fingerprint density at radius 2 is 2.12 bits per heavy atom. The molecule has 1 nitrogen and oxygen atoms in total. The van der Waals surface area contributed by atoms with E-state index in [0.29, 0.717) is 0 Å². The summed E-state index contributed by atoms with van der Waals surface area (Å²) in [4.78, 5) is 1.58. The molecule has 0 amide bonds. The Kier molecular flexibility index (Phi) is 4.86. The third-order valence-corrected chi connectivity index (χ3v) is 4.67. The average molecular weight is 237 g/mol. The topological polar surface area (TPSA) is 12.0 Å². The van der Waals surface area contributed by atoms with E-state index in [0.717, 1.165) is 18.4 Å². The van der Waals surface area contributed by atoms with Crippen molar-refractivity contribution in [2.24, 2.45) is 11.8 Å². The summed E-state index contributed by atoms with van der Waals surface area (Å²) in [5, 5.41) is 5.74. The zero-order valence-corrected chi connectivity index (χ0v) is 11.1. The standard InChI is InChI=1S/C14H23NS/c1-2-15-11-13-7-4-3-6-12(13)10-14-8-5-9-16-14/h5,8-9,12-13,15H,2-4,6-7,10-11H2,1H3. The van der Waals surface area contributed by atoms with Crippen LogP contribution in [-0.4, -0.2) is 13.1 Å². The van der Waals surface area contributed by atoms with Crippen molar-refractivity contribution < 1.29 is 0 Å². The predicted molar refractivity (Wildman–Crippen MR) is 72.0 cm³/mol. The molecule has 1 aromatic heterocycles. The van der Waals surface area contributed by atoms with E-state index in [-0.39, 0.29) is 0 Å². The molecule has 0 spiro atoms. The van der Waals surface area contributed by atoms with Gasteiger partial charge < -0.3 is 5.32 Å². The molecule has 2 unspecified atom stereocenters. The van der Waals surface area contributed by atoms with Gasteiger partial charge in [-0.1, -0.05) is 25.8 Å². The molecule has 1 fully saturated rings. The summed E-state index contributed by atoms with van der Waals surface area (Å²) in [6, 6.07) is 4.48. The van der Waals surface area contributed by atoms with Gasteiger partial charge in [0.2, 0.25) is 0 Å². The number of thiophene rings is 1. The van der Waals surface area contributed by atoms with Gasteiger partial charge in [0, 0.05) is 4.88 Å². The molecule has 1 aliphatic rings. The molecule has 1 saturated carbocycles. The van der Waals surface area contributed by atoms with Gasteiger partial charge in [-0.25, -0.2) is 0 Å². The Balaban J connectivity index is 1.88. The molecule has 2 rings (SSSR count). The van der Waals surface area contributed by atoms with Crippen molar-refractivity contribution in [2.45, 2.75) is 39.0 Å². The molecule has 16 heavy (non-hydrogen) atoms. The van der Waals surface area contributed by atoms with Crippen LogP contribution < -0.4 is 5.32 Å². The maximum atomic E-state index is 3.53. The molecule has 0 radical (unpaired) electrons. The Labute approximate surface area is 103 Å². The highest BCUT2D eigenvalue weighted by atomic mass is 32.1. The van der Waals surface area contributed by atoms with Crippen molar-refractivity contribution in [3.05, 3.63) is 22.4 Å². The van der Waals surface area contributed by atoms with E-state index >= 15 is 0 Å². The molecule has 1 heterocycles. The number of hydrogen-bond donors (Lipinski definition) is 1. The van der Waals surface area contributed by atoms with Gasteiger partial charge in [-0.3, -0.25) is 0 Å². The largest absolute Gasteiger partial charge is 0.317 e. The monoisotopic (exact) mass is 237 g/mol. The first kappa shape index (κ1) is 12.1. The fourth-order valence-corrected chi connectivity index (χ4v) is 3.64. The Bertz CT molecular complexity index is 281. The summed E-state index contributed by atoms with van der Waals surface area (Å²) in [5.74, 6) is 1.84. The SMILES string of the molecule is CCNCC1CCCCC1Cc1cccs1. The summed E-state index contributed by atoms with van der Waals surface area (Å²) in [7, 11) is 0. The Hall–Kier alpha value is -0.340. The predicted octanol–water partition coefficient (Wildman–Crippen LogP) is 3.71. The molecule has 1 N–H and O–H groups in total. The van der Waals surface area contributed by atoms with Crippen LogP contribution in [0.5, 0.6) is 0 Å². The van der Waals surface area contributed by atoms with Gasteiger partial charge in [0.15, 0.2) is 0 Å². The van der Waals surface area contributed by atoms with Crippen LogP contribution in [-0.2, 0) is 6.42 Å². The van der Waals surface area contributed by atoms with Gasteiger partial charge in [0.25, 0.3) is 0 Å². The van der Waals surface area contributed by atoms with E-state index in [1.165, 1.54) is 38.6 Å². The Morgan fingerprint density at radius 3 is 2.81 bits per heavy atom. The molecule has 1 aliphatic carbocycles. The minimum atomic E-state index is 0.913. The van der Waals surface area contributed by atoms with Crippen molar-refractivity contribution in [3.63, 3.8) is 0 Å². The first-order valence-corrected chi connectivity index (χ1v) is 7.51. The molecule has 90 valence electrons. The molecule has 0 aliphatic heterocycles. The second kappa shape index (κ2) is 6.41. The fourth-order valence-electron chi connectivity index (χ4n) is 2.84. The van der Waals surface area contributed by atoms with Gasteiger partial charge in [0.05, 0.1) is 0 Å². The smallest absolute Gasteiger partial charge is 0.00480 e. The van der Waals surface area contributed by atoms with Gasteiger partial charge in [0.1, 0.15) is 0 Å². The molecule has 0 bridgehead atoms. The first-order chi connectivity index (χ1) is 7.90. The van der Waals surface area contributed by atoms with Crippen molar-refractivity contribution >= 4 is 11.3 Å². The molecule has 2 atom stereocenters. The van der Waals surface area contributed by atoms with Crippen molar-refractivity contribution in [3.8, 4) is 0 Å². The summed E-state index contributed by atoms with van der Waals surface area (Å²) >= 11 is 1.92. The maximum Gasteiger partial charge on any atom is 0.00480 e. The van der Waals surface area contributed by atoms with E-state index in [9.17, 15) is 0 Å². The molecular formula is C14H23NS. The third kappa shape index (κ3) is 3.33. The molecule has 0 saturated heterocycles. The fraction of sp³-hybridized carbons (Fsp3) is 0.714. The van der Waals surface area contributed by atoms with E-state index in [1.54, 1.807) is 4.88 Å². The maximum absolute atomic E-state index is 3.53. The van der Waals surface area contributed by atoms with Gasteiger partial charge in [-0.2, -0.15) is 0 Å². The second-order valence-corrected chi connectivity index (χ2v) is 5.93. The Morgan fingerprint density at radius 1 is 1.31 bits per heavy atom. The van der Waals surface area contributed by atoms with Crippen LogP contribution >= 0.6 is 11.3 Å². The zero-order chi connectivity index (χ0) is 11.2. The minimum Gasteiger partial charge on any atom is -0.317 e. The molecule has 0 aromatic carbocycles. The minimum absolute atomic E-state index is 0.913. The highest BCUT2D eigenvalue weighted by Gasteiger charge is 2.24. The summed E-state index contributed by atoms with van der Waals surface area (Å²) in [6.07, 6.45) is 7.07. The lowest BCUT2D eigenvalue weighted by atomic mass is 9.77. The highest BCUT2D eigenvalue weighted by molar-refractivity contribution is 7.09. The van der Waals surface area contributed by atoms with Gasteiger partial charge >= 0.3 is 0 Å². The lowest BCUT2D eigenvalue weighted by Gasteiger charge is -2.31. The van der Waals surface area contributed by atoms with Crippen LogP contribution in [0.2, 0.25) is 0 Å². The quantitative estimate of drug-likeness (QED) is 0.823. The molecular weight excluding hydrogens is 214 g/mol. The summed E-state index contributed by atoms with van der Waals surface area (Å²) in [6.45, 7) is 4.55. The van der Waals surface area contributed by atoms with E-state index in [4.69, 9.17) is 0 Å². The van der Waals surface area contributed by atoms with Crippen LogP contribution in [0.3, 0.4) is 0 Å². The van der Waals surface area contributed by atoms with Gasteiger partial charge in [-0.05, 0) is 55.6 Å². The van der Waals surface area contributed by atoms with Crippen LogP contribution in [0.1, 0.15) is 37.5 Å². The summed E-state index contributed by atoms with van der Waals surface area (Å²) in [5.41, 5.74) is 0. The van der Waals surface area contributed by atoms with Crippen LogP contribution in [0.25, 0.3) is 0 Å². The molecule has 2 heteroatoms. The van der Waals surface area contributed by atoms with Crippen molar-refractivity contribution in [2.75, 3.05) is 13.1 Å². The highest BCUT2D eigenvalue weighted by Crippen LogP contribution is 2.33. The summed E-state index contributed by atoms with van der Waals surface area (Å²) < 4.78 is 0. The van der Waals surface area contributed by atoms with Crippen LogP contribution in [0.4, 0.5) is 0 Å². The number of rotatable bonds is 5. The van der Waals surface area contributed by atoms with Crippen LogP contribution in [0.15, 0.2) is 17.5 Å². The van der Waals surface area contributed by atoms with E-state index in [2.05, 4.69) is 29.8 Å². The van der Waals surface area contributed by atoms with E-state index < -0.39 is 0 Å². The first-order valence-electron chi connectivity index (χ1n) is 6.63. The number of hydrogen-bond acceptors (Lipinski definition) is 2. The van der Waals surface area contributed by atoms with Gasteiger partial charge in [-0.15, -0.1) is 11.3 Å². The molecule has 1 aromatic rings. The second-order valence-electron chi connectivity index (χ2n) is 4.90. The van der Waals surface area contributed by atoms with Crippen molar-refractivity contribution in [1.82, 2.24) is 5.32 Å². The van der Waals surface area contributed by atoms with E-state index in [1.807, 2.05) is 11.3 Å². The van der Waals surface area contributed by atoms with Crippen LogP contribution in [0, 0.1) is 11.8 Å². The normalized spacial score (nSPS) is 25.8.